The van der Waals surface area contributed by atoms with Crippen molar-refractivity contribution >= 4 is 23.6 Å². The van der Waals surface area contributed by atoms with Crippen LogP contribution in [-0.2, 0) is 20.9 Å². The summed E-state index contributed by atoms with van der Waals surface area (Å²) in [5.74, 6) is -1.93. The van der Waals surface area contributed by atoms with Crippen molar-refractivity contribution in [3.63, 3.8) is 0 Å². The molecule has 12 nitrogen and oxygen atoms in total. The van der Waals surface area contributed by atoms with Gasteiger partial charge >= 0.3 is 0 Å². The van der Waals surface area contributed by atoms with Crippen LogP contribution in [0.4, 0.5) is 0 Å². The van der Waals surface area contributed by atoms with Crippen molar-refractivity contribution in [3.05, 3.63) is 64.6 Å². The van der Waals surface area contributed by atoms with E-state index in [4.69, 9.17) is 4.52 Å². The Morgan fingerprint density at radius 2 is 1.71 bits per heavy atom. The molecular formula is C30H40N6O6. The van der Waals surface area contributed by atoms with Crippen LogP contribution >= 0.6 is 0 Å². The predicted molar refractivity (Wildman–Crippen MR) is 155 cm³/mol. The van der Waals surface area contributed by atoms with E-state index in [0.29, 0.717) is 18.6 Å². The predicted octanol–water partition coefficient (Wildman–Crippen LogP) is 1.96. The number of nitrogens with one attached hydrogen (secondary N) is 4. The van der Waals surface area contributed by atoms with Gasteiger partial charge in [-0.2, -0.15) is 5.26 Å². The summed E-state index contributed by atoms with van der Waals surface area (Å²) in [7, 11) is 0. The molecule has 1 aromatic heterocycles. The third kappa shape index (κ3) is 11.2. The van der Waals surface area contributed by atoms with E-state index in [1.807, 2.05) is 51.1 Å². The quantitative estimate of drug-likeness (QED) is 0.120. The second-order valence-electron chi connectivity index (χ2n) is 10.5. The summed E-state index contributed by atoms with van der Waals surface area (Å²) >= 11 is 0. The van der Waals surface area contributed by atoms with Crippen molar-refractivity contribution in [2.75, 3.05) is 6.54 Å². The first-order valence-corrected chi connectivity index (χ1v) is 13.9. The molecule has 226 valence electrons. The number of benzene rings is 1. The minimum absolute atomic E-state index is 0.0395. The molecule has 0 fully saturated rings. The molecule has 42 heavy (non-hydrogen) atoms. The van der Waals surface area contributed by atoms with Gasteiger partial charge in [0.05, 0.1) is 6.10 Å². The van der Waals surface area contributed by atoms with Gasteiger partial charge in [-0.15, -0.1) is 0 Å². The Kier molecular flexibility index (Phi) is 13.4. The molecule has 4 amide bonds. The van der Waals surface area contributed by atoms with Crippen molar-refractivity contribution in [1.82, 2.24) is 26.4 Å². The van der Waals surface area contributed by atoms with E-state index in [-0.39, 0.29) is 36.7 Å². The lowest BCUT2D eigenvalue weighted by atomic mass is 10.1. The summed E-state index contributed by atoms with van der Waals surface area (Å²) in [6.07, 6.45) is 1.45. The maximum atomic E-state index is 13.2. The van der Waals surface area contributed by atoms with Crippen LogP contribution in [0.3, 0.4) is 0 Å². The first kappa shape index (κ1) is 33.7. The highest BCUT2D eigenvalue weighted by molar-refractivity contribution is 5.98. The van der Waals surface area contributed by atoms with E-state index in [9.17, 15) is 29.5 Å². The second kappa shape index (κ2) is 16.7. The molecule has 0 unspecified atom stereocenters. The second-order valence-corrected chi connectivity index (χ2v) is 10.5. The molecule has 0 aliphatic carbocycles. The first-order valence-electron chi connectivity index (χ1n) is 13.9. The third-order valence-corrected chi connectivity index (χ3v) is 6.20. The lowest BCUT2D eigenvalue weighted by molar-refractivity contribution is -0.131. The van der Waals surface area contributed by atoms with Crippen LogP contribution in [0, 0.1) is 31.1 Å². The van der Waals surface area contributed by atoms with Crippen molar-refractivity contribution in [2.24, 2.45) is 5.92 Å². The number of nitriles is 1. The number of aliphatic hydroxyl groups excluding tert-OH is 1. The van der Waals surface area contributed by atoms with Crippen LogP contribution in [0.25, 0.3) is 0 Å². The van der Waals surface area contributed by atoms with E-state index in [1.165, 1.54) is 13.0 Å². The van der Waals surface area contributed by atoms with E-state index < -0.39 is 41.8 Å². The fourth-order valence-corrected chi connectivity index (χ4v) is 3.91. The molecule has 5 N–H and O–H groups in total. The largest absolute Gasteiger partial charge is 0.391 e. The summed E-state index contributed by atoms with van der Waals surface area (Å²) in [6.45, 7) is 9.15. The Labute approximate surface area is 245 Å². The van der Waals surface area contributed by atoms with Crippen LogP contribution in [0.2, 0.25) is 0 Å². The van der Waals surface area contributed by atoms with Crippen molar-refractivity contribution < 1.29 is 28.8 Å². The number of aromatic nitrogens is 1. The zero-order valence-electron chi connectivity index (χ0n) is 24.7. The Morgan fingerprint density at radius 3 is 2.29 bits per heavy atom. The standard InChI is InChI=1S/C30H40N6O6/c1-18(2)14-23(16-31)27(38)32-13-7-6-8-24(28(39)33-17-22-11-9-19(3)10-12-22)34-30(41)26(21(5)37)35-29(40)25-15-20(4)42-36-25/h9-12,14-15,18,21,24,26,37H,6-8,13,17H2,1-5H3,(H,32,38)(H,33,39)(H,34,41)(H,35,40)/b23-14+/t21-,24+,26+/m1/s1. The van der Waals surface area contributed by atoms with Crippen LogP contribution in [0.5, 0.6) is 0 Å². The van der Waals surface area contributed by atoms with Crippen LogP contribution < -0.4 is 21.3 Å². The molecule has 2 rings (SSSR count). The van der Waals surface area contributed by atoms with E-state index in [0.717, 1.165) is 11.1 Å². The molecule has 0 saturated carbocycles. The van der Waals surface area contributed by atoms with Gasteiger partial charge in [0.1, 0.15) is 29.5 Å². The molecule has 0 saturated heterocycles. The van der Waals surface area contributed by atoms with Crippen molar-refractivity contribution in [3.8, 4) is 6.07 Å². The first-order chi connectivity index (χ1) is 19.9. The summed E-state index contributed by atoms with van der Waals surface area (Å²) in [5, 5.41) is 33.7. The van der Waals surface area contributed by atoms with Gasteiger partial charge < -0.3 is 30.9 Å². The zero-order chi connectivity index (χ0) is 31.2. The zero-order valence-corrected chi connectivity index (χ0v) is 24.7. The topological polar surface area (TPSA) is 186 Å². The Morgan fingerprint density at radius 1 is 1.02 bits per heavy atom. The van der Waals surface area contributed by atoms with E-state index in [1.54, 1.807) is 13.0 Å². The number of carbonyl (C=O) groups is 4. The highest BCUT2D eigenvalue weighted by Gasteiger charge is 2.30. The summed E-state index contributed by atoms with van der Waals surface area (Å²) in [6, 6.07) is 8.57. The van der Waals surface area contributed by atoms with Gasteiger partial charge in [0, 0.05) is 19.2 Å². The number of rotatable bonds is 15. The third-order valence-electron chi connectivity index (χ3n) is 6.20. The normalized spacial score (nSPS) is 13.4. The smallest absolute Gasteiger partial charge is 0.274 e. The number of aliphatic hydroxyl groups is 1. The lowest BCUT2D eigenvalue weighted by Gasteiger charge is -2.24. The number of carbonyl (C=O) groups excluding carboxylic acids is 4. The molecule has 1 aromatic carbocycles. The van der Waals surface area contributed by atoms with Gasteiger partial charge in [-0.25, -0.2) is 0 Å². The van der Waals surface area contributed by atoms with Crippen LogP contribution in [0.15, 0.2) is 46.5 Å². The Bertz CT molecular complexity index is 1290. The van der Waals surface area contributed by atoms with Crippen molar-refractivity contribution in [1.29, 1.82) is 5.26 Å². The number of amides is 4. The van der Waals surface area contributed by atoms with Gasteiger partial charge in [0.25, 0.3) is 11.8 Å². The molecule has 0 radical (unpaired) electrons. The monoisotopic (exact) mass is 580 g/mol. The molecule has 1 heterocycles. The molecule has 0 aliphatic rings. The van der Waals surface area contributed by atoms with E-state index in [2.05, 4.69) is 26.4 Å². The molecule has 12 heteroatoms. The van der Waals surface area contributed by atoms with Gasteiger partial charge in [-0.05, 0) is 51.5 Å². The average molecular weight is 581 g/mol. The minimum atomic E-state index is -1.36. The highest BCUT2D eigenvalue weighted by atomic mass is 16.5. The SMILES string of the molecule is Cc1ccc(CNC(=O)[C@H](CCCCNC(=O)/C(C#N)=C/C(C)C)NC(=O)[C@@H](NC(=O)c2cc(C)on2)[C@@H](C)O)cc1. The molecule has 2 aromatic rings. The number of aryl methyl sites for hydroxylation is 2. The highest BCUT2D eigenvalue weighted by Crippen LogP contribution is 2.08. The molecular weight excluding hydrogens is 540 g/mol. The van der Waals surface area contributed by atoms with Gasteiger partial charge in [-0.1, -0.05) is 54.9 Å². The van der Waals surface area contributed by atoms with Crippen LogP contribution in [-0.4, -0.2) is 58.6 Å². The summed E-state index contributed by atoms with van der Waals surface area (Å²) < 4.78 is 4.90. The molecule has 0 aliphatic heterocycles. The van der Waals surface area contributed by atoms with Gasteiger partial charge in [-0.3, -0.25) is 19.2 Å². The number of unbranched alkanes of at least 4 members (excludes halogenated alkanes) is 1. The Balaban J connectivity index is 2.05. The van der Waals surface area contributed by atoms with Gasteiger partial charge in [0.2, 0.25) is 11.8 Å². The minimum Gasteiger partial charge on any atom is -0.391 e. The summed E-state index contributed by atoms with van der Waals surface area (Å²) in [4.78, 5) is 51.1. The molecule has 0 bridgehead atoms. The number of hydrogen-bond acceptors (Lipinski definition) is 8. The molecule has 3 atom stereocenters. The fourth-order valence-electron chi connectivity index (χ4n) is 3.91. The fraction of sp³-hybridized carbons (Fsp3) is 0.467. The van der Waals surface area contributed by atoms with Gasteiger partial charge in [0.15, 0.2) is 5.69 Å². The average Bonchev–Trinajstić information content (AvgIpc) is 3.38. The maximum absolute atomic E-state index is 13.2. The number of allylic oxidation sites excluding steroid dienone is 1. The lowest BCUT2D eigenvalue weighted by Crippen LogP contribution is -2.57. The number of hydrogen-bond donors (Lipinski definition) is 5. The van der Waals surface area contributed by atoms with Crippen LogP contribution in [0.1, 0.15) is 67.4 Å². The molecule has 0 spiro atoms. The maximum Gasteiger partial charge on any atom is 0.274 e. The summed E-state index contributed by atoms with van der Waals surface area (Å²) in [5.41, 5.74) is 1.94. The Hall–Kier alpha value is -4.50. The van der Waals surface area contributed by atoms with E-state index >= 15 is 0 Å². The number of nitrogens with zero attached hydrogens (tertiary/aromatic N) is 2. The van der Waals surface area contributed by atoms with Crippen molar-refractivity contribution in [2.45, 2.75) is 78.6 Å².